The Bertz CT molecular complexity index is 630. The molecular formula is C12H10N4O2S. The number of nitriles is 1. The minimum atomic E-state index is -0.463. The van der Waals surface area contributed by atoms with E-state index in [9.17, 15) is 10.1 Å². The first-order valence-corrected chi connectivity index (χ1v) is 6.28. The topological polar surface area (TPSA) is 91.8 Å². The Balaban J connectivity index is 2.09. The van der Waals surface area contributed by atoms with Crippen LogP contribution in [0.15, 0.2) is 30.5 Å². The lowest BCUT2D eigenvalue weighted by Gasteiger charge is -2.12. The molecule has 1 aromatic heterocycles. The molecule has 1 unspecified atom stereocenters. The molecule has 0 radical (unpaired) electrons. The van der Waals surface area contributed by atoms with E-state index in [4.69, 9.17) is 5.26 Å². The Morgan fingerprint density at radius 2 is 2.16 bits per heavy atom. The number of hydrogen-bond donors (Lipinski definition) is 1. The molecule has 0 aliphatic rings. The first kappa shape index (κ1) is 13.0. The van der Waals surface area contributed by atoms with Gasteiger partial charge in [-0.2, -0.15) is 5.26 Å². The summed E-state index contributed by atoms with van der Waals surface area (Å²) in [6.45, 7) is 1.93. The molecular weight excluding hydrogens is 264 g/mol. The molecule has 0 bridgehead atoms. The van der Waals surface area contributed by atoms with Crippen molar-refractivity contribution < 1.29 is 4.92 Å². The molecule has 0 fully saturated rings. The Morgan fingerprint density at radius 3 is 2.68 bits per heavy atom. The van der Waals surface area contributed by atoms with Gasteiger partial charge in [0.05, 0.1) is 22.6 Å². The van der Waals surface area contributed by atoms with E-state index < -0.39 is 4.92 Å². The number of hydrogen-bond acceptors (Lipinski definition) is 6. The molecule has 19 heavy (non-hydrogen) atoms. The third-order valence-electron chi connectivity index (χ3n) is 2.55. The highest BCUT2D eigenvalue weighted by atomic mass is 32.1. The average Bonchev–Trinajstić information content (AvgIpc) is 2.87. The van der Waals surface area contributed by atoms with Crippen LogP contribution in [0.25, 0.3) is 0 Å². The zero-order valence-corrected chi connectivity index (χ0v) is 10.8. The lowest BCUT2D eigenvalue weighted by atomic mass is 10.1. The van der Waals surface area contributed by atoms with Crippen molar-refractivity contribution in [2.45, 2.75) is 13.0 Å². The van der Waals surface area contributed by atoms with E-state index in [2.05, 4.69) is 16.4 Å². The molecule has 96 valence electrons. The van der Waals surface area contributed by atoms with Crippen LogP contribution in [-0.4, -0.2) is 9.91 Å². The first-order chi connectivity index (χ1) is 9.10. The Kier molecular flexibility index (Phi) is 3.73. The summed E-state index contributed by atoms with van der Waals surface area (Å²) < 4.78 is 0. The van der Waals surface area contributed by atoms with Gasteiger partial charge >= 0.3 is 5.00 Å². The Hall–Kier alpha value is -2.46. The van der Waals surface area contributed by atoms with Crippen molar-refractivity contribution in [2.24, 2.45) is 0 Å². The summed E-state index contributed by atoms with van der Waals surface area (Å²) in [5, 5.41) is 22.9. The monoisotopic (exact) mass is 274 g/mol. The number of nitrogens with one attached hydrogen (secondary N) is 1. The normalized spacial score (nSPS) is 11.6. The number of aromatic nitrogens is 1. The van der Waals surface area contributed by atoms with Crippen molar-refractivity contribution in [3.63, 3.8) is 0 Å². The van der Waals surface area contributed by atoms with Gasteiger partial charge in [0.25, 0.3) is 0 Å². The van der Waals surface area contributed by atoms with Crippen LogP contribution in [0.2, 0.25) is 0 Å². The van der Waals surface area contributed by atoms with Crippen LogP contribution in [0.4, 0.5) is 10.1 Å². The number of nitro groups is 1. The minimum Gasteiger partial charge on any atom is -0.355 e. The third-order valence-corrected chi connectivity index (χ3v) is 3.43. The summed E-state index contributed by atoms with van der Waals surface area (Å²) in [6, 6.07) is 9.17. The van der Waals surface area contributed by atoms with Gasteiger partial charge < -0.3 is 5.32 Å². The maximum Gasteiger partial charge on any atom is 0.345 e. The van der Waals surface area contributed by atoms with E-state index in [1.807, 2.05) is 19.1 Å². The predicted octanol–water partition coefficient (Wildman–Crippen LogP) is 3.10. The number of anilines is 1. The second-order valence-corrected chi connectivity index (χ2v) is 4.87. The number of benzene rings is 1. The van der Waals surface area contributed by atoms with E-state index in [0.717, 1.165) is 16.9 Å². The molecule has 7 heteroatoms. The predicted molar refractivity (Wildman–Crippen MR) is 72.0 cm³/mol. The molecule has 0 amide bonds. The number of rotatable bonds is 4. The maximum absolute atomic E-state index is 10.6. The molecule has 1 heterocycles. The fourth-order valence-corrected chi connectivity index (χ4v) is 2.25. The molecule has 0 spiro atoms. The number of thiazole rings is 1. The Morgan fingerprint density at radius 1 is 1.47 bits per heavy atom. The van der Waals surface area contributed by atoms with Crippen LogP contribution in [0.1, 0.15) is 24.1 Å². The second-order valence-electron chi connectivity index (χ2n) is 3.86. The van der Waals surface area contributed by atoms with E-state index in [1.165, 1.54) is 6.20 Å². The molecule has 0 saturated carbocycles. The fourth-order valence-electron chi connectivity index (χ4n) is 1.53. The van der Waals surface area contributed by atoms with Crippen molar-refractivity contribution in [3.8, 4) is 6.07 Å². The highest BCUT2D eigenvalue weighted by Gasteiger charge is 2.13. The average molecular weight is 274 g/mol. The summed E-state index contributed by atoms with van der Waals surface area (Å²) in [4.78, 5) is 14.0. The standard InChI is InChI=1S/C12H10N4O2S/c1-8(10-4-2-9(6-13)3-5-10)15-12-14-7-11(19-12)16(17)18/h2-5,7-8H,1H3,(H,14,15). The minimum absolute atomic E-state index is 0.00882. The van der Waals surface area contributed by atoms with Gasteiger partial charge in [0.15, 0.2) is 5.13 Å². The maximum atomic E-state index is 10.6. The van der Waals surface area contributed by atoms with Crippen molar-refractivity contribution in [1.29, 1.82) is 5.26 Å². The van der Waals surface area contributed by atoms with Crippen LogP contribution in [0.3, 0.4) is 0 Å². The van der Waals surface area contributed by atoms with Gasteiger partial charge in [0, 0.05) is 0 Å². The first-order valence-electron chi connectivity index (χ1n) is 5.47. The summed E-state index contributed by atoms with van der Waals surface area (Å²) in [6.07, 6.45) is 1.23. The summed E-state index contributed by atoms with van der Waals surface area (Å²) >= 11 is 0.998. The SMILES string of the molecule is CC(Nc1ncc([N+](=O)[O-])s1)c1ccc(C#N)cc1. The quantitative estimate of drug-likeness (QED) is 0.683. The highest BCUT2D eigenvalue weighted by molar-refractivity contribution is 7.18. The highest BCUT2D eigenvalue weighted by Crippen LogP contribution is 2.28. The van der Waals surface area contributed by atoms with Crippen LogP contribution in [0, 0.1) is 21.4 Å². The van der Waals surface area contributed by atoms with Crippen molar-refractivity contribution in [2.75, 3.05) is 5.32 Å². The van der Waals surface area contributed by atoms with Crippen LogP contribution in [0.5, 0.6) is 0 Å². The summed E-state index contributed by atoms with van der Waals surface area (Å²) in [5.74, 6) is 0. The summed E-state index contributed by atoms with van der Waals surface area (Å²) in [5.41, 5.74) is 1.58. The largest absolute Gasteiger partial charge is 0.355 e. The number of nitrogens with zero attached hydrogens (tertiary/aromatic N) is 3. The van der Waals surface area contributed by atoms with Gasteiger partial charge in [-0.05, 0) is 36.0 Å². The zero-order valence-electron chi connectivity index (χ0n) is 10.0. The van der Waals surface area contributed by atoms with Gasteiger partial charge in [-0.3, -0.25) is 10.1 Å². The van der Waals surface area contributed by atoms with Crippen LogP contribution < -0.4 is 5.32 Å². The molecule has 2 aromatic rings. The Labute approximate surface area is 113 Å². The van der Waals surface area contributed by atoms with E-state index in [0.29, 0.717) is 10.7 Å². The van der Waals surface area contributed by atoms with Gasteiger partial charge in [-0.15, -0.1) is 0 Å². The molecule has 0 aliphatic heterocycles. The van der Waals surface area contributed by atoms with Crippen LogP contribution >= 0.6 is 11.3 Å². The van der Waals surface area contributed by atoms with E-state index >= 15 is 0 Å². The smallest absolute Gasteiger partial charge is 0.345 e. The van der Waals surface area contributed by atoms with Crippen molar-refractivity contribution in [1.82, 2.24) is 4.98 Å². The summed E-state index contributed by atoms with van der Waals surface area (Å²) in [7, 11) is 0. The molecule has 2 rings (SSSR count). The van der Waals surface area contributed by atoms with Crippen LogP contribution in [-0.2, 0) is 0 Å². The zero-order chi connectivity index (χ0) is 13.8. The van der Waals surface area contributed by atoms with E-state index in [-0.39, 0.29) is 11.0 Å². The lowest BCUT2D eigenvalue weighted by molar-refractivity contribution is -0.380. The third kappa shape index (κ3) is 3.05. The van der Waals surface area contributed by atoms with Crippen molar-refractivity contribution >= 4 is 21.5 Å². The fraction of sp³-hybridized carbons (Fsp3) is 0.167. The van der Waals surface area contributed by atoms with Gasteiger partial charge in [-0.25, -0.2) is 4.98 Å². The van der Waals surface area contributed by atoms with Gasteiger partial charge in [0.1, 0.15) is 6.20 Å². The second kappa shape index (κ2) is 5.46. The molecule has 0 saturated heterocycles. The molecule has 6 nitrogen and oxygen atoms in total. The lowest BCUT2D eigenvalue weighted by Crippen LogP contribution is -2.05. The van der Waals surface area contributed by atoms with Crippen molar-refractivity contribution in [3.05, 3.63) is 51.7 Å². The molecule has 1 N–H and O–H groups in total. The van der Waals surface area contributed by atoms with E-state index in [1.54, 1.807) is 12.1 Å². The van der Waals surface area contributed by atoms with Gasteiger partial charge in [0.2, 0.25) is 0 Å². The molecule has 0 aliphatic carbocycles. The molecule has 1 aromatic carbocycles. The molecule has 1 atom stereocenters. The van der Waals surface area contributed by atoms with Gasteiger partial charge in [-0.1, -0.05) is 12.1 Å².